The Kier molecular flexibility index (Phi) is 14.8. The smallest absolute Gasteiger partial charge is 0.0281 e. The molecule has 0 radical (unpaired) electrons. The third kappa shape index (κ3) is 13.2. The van der Waals surface area contributed by atoms with Gasteiger partial charge in [-0.2, -0.15) is 0 Å². The summed E-state index contributed by atoms with van der Waals surface area (Å²) in [6.07, 6.45) is 3.59. The summed E-state index contributed by atoms with van der Waals surface area (Å²) in [5, 5.41) is 0. The summed E-state index contributed by atoms with van der Waals surface area (Å²) in [5.74, 6) is 0. The van der Waals surface area contributed by atoms with Gasteiger partial charge in [0.1, 0.15) is 0 Å². The van der Waals surface area contributed by atoms with Crippen LogP contribution < -0.4 is 0 Å². The van der Waals surface area contributed by atoms with E-state index >= 15 is 0 Å². The minimum Gasteiger partial charge on any atom is -0.0651 e. The molecule has 0 aliphatic rings. The summed E-state index contributed by atoms with van der Waals surface area (Å²) in [5.41, 5.74) is 6.91. The maximum Gasteiger partial charge on any atom is -0.0281 e. The molecule has 0 fully saturated rings. The predicted molar refractivity (Wildman–Crippen MR) is 143 cm³/mol. The number of rotatable bonds is 3. The van der Waals surface area contributed by atoms with Crippen LogP contribution in [0.3, 0.4) is 0 Å². The van der Waals surface area contributed by atoms with Crippen LogP contribution in [0.5, 0.6) is 0 Å². The van der Waals surface area contributed by atoms with Crippen LogP contribution >= 0.6 is 0 Å². The summed E-state index contributed by atoms with van der Waals surface area (Å²) in [6, 6.07) is 39.6. The lowest BCUT2D eigenvalue weighted by Gasteiger charge is -1.93. The maximum absolute atomic E-state index is 2.20. The van der Waals surface area contributed by atoms with E-state index in [2.05, 4.69) is 126 Å². The fraction of sp³-hybridized carbons (Fsp3) is 0.250. The van der Waals surface area contributed by atoms with Gasteiger partial charge in [-0.05, 0) is 55.9 Å². The molecule has 0 heterocycles. The largest absolute Gasteiger partial charge is 0.0651 e. The van der Waals surface area contributed by atoms with E-state index in [0.717, 1.165) is 6.42 Å². The van der Waals surface area contributed by atoms with Crippen molar-refractivity contribution in [3.8, 4) is 0 Å². The summed E-state index contributed by atoms with van der Waals surface area (Å²) in [7, 11) is 0. The van der Waals surface area contributed by atoms with Crippen molar-refractivity contribution < 1.29 is 0 Å². The third-order valence-electron chi connectivity index (χ3n) is 5.00. The average molecular weight is 425 g/mol. The SMILES string of the molecule is CCCc1ccccc1.CCc1ccccc1.Cc1ccccc1.Cc1ccccc1C. The molecule has 0 aromatic heterocycles. The minimum atomic E-state index is 1.14. The predicted octanol–water partition coefficient (Wildman–Crippen LogP) is 9.19. The van der Waals surface area contributed by atoms with Gasteiger partial charge in [0.25, 0.3) is 0 Å². The normalized spacial score (nSPS) is 9.16. The van der Waals surface area contributed by atoms with Crippen LogP contribution in [0.25, 0.3) is 0 Å². The first-order chi connectivity index (χ1) is 15.6. The van der Waals surface area contributed by atoms with E-state index in [-0.39, 0.29) is 0 Å². The Labute approximate surface area is 197 Å². The molecule has 0 saturated carbocycles. The molecule has 0 aliphatic heterocycles. The molecule has 0 bridgehead atoms. The maximum atomic E-state index is 2.20. The molecular weight excluding hydrogens is 384 g/mol. The topological polar surface area (TPSA) is 0 Å². The van der Waals surface area contributed by atoms with E-state index in [1.807, 2.05) is 24.3 Å². The van der Waals surface area contributed by atoms with Crippen LogP contribution in [0.4, 0.5) is 0 Å². The van der Waals surface area contributed by atoms with Gasteiger partial charge in [-0.15, -0.1) is 0 Å². The monoisotopic (exact) mass is 424 g/mol. The van der Waals surface area contributed by atoms with Crippen LogP contribution in [0.15, 0.2) is 115 Å². The first-order valence-electron chi connectivity index (χ1n) is 11.7. The fourth-order valence-corrected chi connectivity index (χ4v) is 2.84. The molecule has 0 aliphatic carbocycles. The van der Waals surface area contributed by atoms with E-state index in [9.17, 15) is 0 Å². The summed E-state index contributed by atoms with van der Waals surface area (Å²) < 4.78 is 0. The van der Waals surface area contributed by atoms with Gasteiger partial charge in [0, 0.05) is 0 Å². The highest BCUT2D eigenvalue weighted by Crippen LogP contribution is 2.03. The molecule has 0 spiro atoms. The van der Waals surface area contributed by atoms with Gasteiger partial charge in [-0.3, -0.25) is 0 Å². The Morgan fingerprint density at radius 3 is 1.09 bits per heavy atom. The van der Waals surface area contributed by atoms with Crippen LogP contribution in [-0.2, 0) is 12.8 Å². The minimum absolute atomic E-state index is 1.14. The second-order valence-electron chi connectivity index (χ2n) is 7.81. The van der Waals surface area contributed by atoms with Crippen LogP contribution in [0, 0.1) is 20.8 Å². The van der Waals surface area contributed by atoms with Crippen molar-refractivity contribution in [3.63, 3.8) is 0 Å². The highest BCUT2D eigenvalue weighted by molar-refractivity contribution is 5.23. The zero-order valence-corrected chi connectivity index (χ0v) is 20.6. The first-order valence-corrected chi connectivity index (χ1v) is 11.7. The van der Waals surface area contributed by atoms with Crippen LogP contribution in [0.1, 0.15) is 48.1 Å². The lowest BCUT2D eigenvalue weighted by atomic mass is 10.1. The lowest BCUT2D eigenvalue weighted by Crippen LogP contribution is -1.78. The Morgan fingerprint density at radius 2 is 0.812 bits per heavy atom. The van der Waals surface area contributed by atoms with Crippen molar-refractivity contribution in [1.29, 1.82) is 0 Å². The average Bonchev–Trinajstić information content (AvgIpc) is 2.84. The number of aryl methyl sites for hydroxylation is 5. The van der Waals surface area contributed by atoms with Crippen molar-refractivity contribution in [1.82, 2.24) is 0 Å². The van der Waals surface area contributed by atoms with Crippen molar-refractivity contribution in [3.05, 3.63) is 143 Å². The summed E-state index contributed by atoms with van der Waals surface area (Å²) in [6.45, 7) is 10.7. The molecule has 168 valence electrons. The third-order valence-corrected chi connectivity index (χ3v) is 5.00. The number of benzene rings is 4. The number of hydrogen-bond acceptors (Lipinski definition) is 0. The van der Waals surface area contributed by atoms with Crippen LogP contribution in [0.2, 0.25) is 0 Å². The van der Waals surface area contributed by atoms with E-state index in [0.29, 0.717) is 0 Å². The van der Waals surface area contributed by atoms with E-state index < -0.39 is 0 Å². The van der Waals surface area contributed by atoms with E-state index in [1.54, 1.807) is 0 Å². The van der Waals surface area contributed by atoms with Gasteiger partial charge >= 0.3 is 0 Å². The Morgan fingerprint density at radius 1 is 0.438 bits per heavy atom. The van der Waals surface area contributed by atoms with E-state index in [1.165, 1.54) is 40.7 Å². The van der Waals surface area contributed by atoms with Crippen molar-refractivity contribution in [2.24, 2.45) is 0 Å². The molecule has 0 nitrogen and oxygen atoms in total. The Hall–Kier alpha value is -3.12. The highest BCUT2D eigenvalue weighted by Gasteiger charge is 1.85. The molecule has 32 heavy (non-hydrogen) atoms. The standard InChI is InChI=1S/C9H12.2C8H10.C7H8/c1-2-6-9-7-4-3-5-8-9;1-7-5-3-4-6-8(7)2;1-2-8-6-4-3-5-7-8;1-7-5-3-2-4-6-7/h3-5,7-8H,2,6H2,1H3;3-6H,1-2H3;3-7H,2H2,1H3;2-6H,1H3. The van der Waals surface area contributed by atoms with Crippen LogP contribution in [-0.4, -0.2) is 0 Å². The quantitative estimate of drug-likeness (QED) is 0.307. The molecule has 0 N–H and O–H groups in total. The molecule has 0 unspecified atom stereocenters. The second-order valence-corrected chi connectivity index (χ2v) is 7.81. The second kappa shape index (κ2) is 17.5. The van der Waals surface area contributed by atoms with Gasteiger partial charge in [-0.1, -0.05) is 141 Å². The zero-order valence-electron chi connectivity index (χ0n) is 20.6. The fourth-order valence-electron chi connectivity index (χ4n) is 2.84. The van der Waals surface area contributed by atoms with Gasteiger partial charge in [0.2, 0.25) is 0 Å². The molecule has 4 rings (SSSR count). The number of hydrogen-bond donors (Lipinski definition) is 0. The molecule has 0 atom stereocenters. The van der Waals surface area contributed by atoms with Gasteiger partial charge < -0.3 is 0 Å². The Bertz CT molecular complexity index is 904. The molecule has 0 amide bonds. The van der Waals surface area contributed by atoms with Crippen molar-refractivity contribution in [2.75, 3.05) is 0 Å². The molecular formula is C32H40. The van der Waals surface area contributed by atoms with Crippen molar-refractivity contribution >= 4 is 0 Å². The van der Waals surface area contributed by atoms with E-state index in [4.69, 9.17) is 0 Å². The first kappa shape index (κ1) is 26.9. The molecule has 0 heteroatoms. The van der Waals surface area contributed by atoms with Gasteiger partial charge in [-0.25, -0.2) is 0 Å². The molecule has 4 aromatic rings. The van der Waals surface area contributed by atoms with Gasteiger partial charge in [0.15, 0.2) is 0 Å². The van der Waals surface area contributed by atoms with Gasteiger partial charge in [0.05, 0.1) is 0 Å². The lowest BCUT2D eigenvalue weighted by molar-refractivity contribution is 0.922. The summed E-state index contributed by atoms with van der Waals surface area (Å²) in [4.78, 5) is 0. The van der Waals surface area contributed by atoms with Crippen molar-refractivity contribution in [2.45, 2.75) is 53.9 Å². The highest BCUT2D eigenvalue weighted by atomic mass is 13.9. The molecule has 0 saturated heterocycles. The molecule has 4 aromatic carbocycles. The Balaban J connectivity index is 0.000000214. The zero-order chi connectivity index (χ0) is 23.4. The summed E-state index contributed by atoms with van der Waals surface area (Å²) >= 11 is 0.